The Morgan fingerprint density at radius 1 is 1.26 bits per heavy atom. The summed E-state index contributed by atoms with van der Waals surface area (Å²) in [7, 11) is 3.03. The Hall–Kier alpha value is -1.33. The average molecular weight is 341 g/mol. The molecule has 1 aromatic heterocycles. The zero-order chi connectivity index (χ0) is 13.8. The lowest BCUT2D eigenvalue weighted by Gasteiger charge is -2.03. The van der Waals surface area contributed by atoms with E-state index in [1.165, 1.54) is 18.4 Å². The minimum absolute atomic E-state index is 0.299. The third kappa shape index (κ3) is 2.98. The van der Waals surface area contributed by atoms with E-state index in [2.05, 4.69) is 15.9 Å². The van der Waals surface area contributed by atoms with Crippen molar-refractivity contribution >= 4 is 33.2 Å². The first-order chi connectivity index (χ1) is 9.19. The van der Waals surface area contributed by atoms with Gasteiger partial charge in [0.1, 0.15) is 10.6 Å². The first kappa shape index (κ1) is 14.1. The molecule has 0 atom stereocenters. The summed E-state index contributed by atoms with van der Waals surface area (Å²) < 4.78 is 9.90. The number of ether oxygens (including phenoxy) is 2. The maximum atomic E-state index is 11.6. The van der Waals surface area contributed by atoms with Gasteiger partial charge in [-0.15, -0.1) is 11.3 Å². The van der Waals surface area contributed by atoms with Crippen molar-refractivity contribution < 1.29 is 14.3 Å². The van der Waals surface area contributed by atoms with Crippen molar-refractivity contribution in [3.63, 3.8) is 0 Å². The molecule has 100 valence electrons. The van der Waals surface area contributed by atoms with E-state index in [1.807, 2.05) is 30.3 Å². The Labute approximate surface area is 124 Å². The highest BCUT2D eigenvalue weighted by molar-refractivity contribution is 9.08. The van der Waals surface area contributed by atoms with Gasteiger partial charge in [-0.1, -0.05) is 15.9 Å². The highest BCUT2D eigenvalue weighted by atomic mass is 79.9. The zero-order valence-corrected chi connectivity index (χ0v) is 13.0. The molecule has 0 radical (unpaired) electrons. The van der Waals surface area contributed by atoms with E-state index in [0.717, 1.165) is 21.8 Å². The second kappa shape index (κ2) is 6.21. The van der Waals surface area contributed by atoms with Gasteiger partial charge in [-0.05, 0) is 41.5 Å². The minimum Gasteiger partial charge on any atom is -0.497 e. The predicted molar refractivity (Wildman–Crippen MR) is 80.3 cm³/mol. The Morgan fingerprint density at radius 3 is 2.47 bits per heavy atom. The van der Waals surface area contributed by atoms with E-state index in [1.54, 1.807) is 7.11 Å². The lowest BCUT2D eigenvalue weighted by Crippen LogP contribution is -1.96. The van der Waals surface area contributed by atoms with Gasteiger partial charge in [-0.3, -0.25) is 0 Å². The summed E-state index contributed by atoms with van der Waals surface area (Å²) in [5.41, 5.74) is 2.14. The molecule has 0 N–H and O–H groups in total. The van der Waals surface area contributed by atoms with Gasteiger partial charge in [0.2, 0.25) is 0 Å². The first-order valence-electron chi connectivity index (χ1n) is 5.61. The van der Waals surface area contributed by atoms with Crippen LogP contribution in [0.15, 0.2) is 30.3 Å². The van der Waals surface area contributed by atoms with Crippen LogP contribution in [-0.4, -0.2) is 20.2 Å². The average Bonchev–Trinajstić information content (AvgIpc) is 2.90. The normalized spacial score (nSPS) is 10.3. The van der Waals surface area contributed by atoms with E-state index < -0.39 is 0 Å². The molecule has 0 unspecified atom stereocenters. The second-order valence-corrected chi connectivity index (χ2v) is 5.43. The van der Waals surface area contributed by atoms with Gasteiger partial charge in [0.25, 0.3) is 0 Å². The Kier molecular flexibility index (Phi) is 4.61. The van der Waals surface area contributed by atoms with Crippen LogP contribution in [0.1, 0.15) is 15.2 Å². The van der Waals surface area contributed by atoms with E-state index >= 15 is 0 Å². The number of alkyl halides is 1. The van der Waals surface area contributed by atoms with Crippen LogP contribution >= 0.6 is 27.3 Å². The topological polar surface area (TPSA) is 35.5 Å². The molecule has 0 aliphatic heterocycles. The van der Waals surface area contributed by atoms with Crippen molar-refractivity contribution in [1.29, 1.82) is 0 Å². The molecule has 0 aliphatic rings. The van der Waals surface area contributed by atoms with Gasteiger partial charge in [-0.25, -0.2) is 4.79 Å². The first-order valence-corrected chi connectivity index (χ1v) is 7.54. The molecule has 1 heterocycles. The lowest BCUT2D eigenvalue weighted by molar-refractivity contribution is 0.0606. The number of methoxy groups -OCH3 is 2. The molecule has 3 nitrogen and oxygen atoms in total. The van der Waals surface area contributed by atoms with Crippen LogP contribution in [0.2, 0.25) is 0 Å². The summed E-state index contributed by atoms with van der Waals surface area (Å²) in [5, 5.41) is 0.696. The monoisotopic (exact) mass is 340 g/mol. The molecule has 0 spiro atoms. The molecule has 1 aromatic carbocycles. The Balaban J connectivity index is 2.42. The largest absolute Gasteiger partial charge is 0.497 e. The number of carbonyl (C=O) groups excluding carboxylic acids is 1. The van der Waals surface area contributed by atoms with Gasteiger partial charge in [-0.2, -0.15) is 0 Å². The summed E-state index contributed by atoms with van der Waals surface area (Å²) in [6.45, 7) is 0. The lowest BCUT2D eigenvalue weighted by atomic mass is 10.1. The zero-order valence-electron chi connectivity index (χ0n) is 10.6. The smallest absolute Gasteiger partial charge is 0.348 e. The van der Waals surface area contributed by atoms with Crippen molar-refractivity contribution in [1.82, 2.24) is 0 Å². The summed E-state index contributed by atoms with van der Waals surface area (Å²) >= 11 is 4.89. The third-order valence-electron chi connectivity index (χ3n) is 2.69. The van der Waals surface area contributed by atoms with Crippen molar-refractivity contribution in [3.05, 3.63) is 40.8 Å². The molecule has 0 bridgehead atoms. The number of thiophene rings is 1. The molecule has 19 heavy (non-hydrogen) atoms. The molecule has 0 saturated heterocycles. The van der Waals surface area contributed by atoms with Gasteiger partial charge in [0.05, 0.1) is 14.2 Å². The van der Waals surface area contributed by atoms with Gasteiger partial charge < -0.3 is 9.47 Å². The minimum atomic E-state index is -0.299. The maximum absolute atomic E-state index is 11.6. The van der Waals surface area contributed by atoms with Crippen LogP contribution in [0.4, 0.5) is 0 Å². The molecule has 0 aliphatic carbocycles. The highest BCUT2D eigenvalue weighted by Crippen LogP contribution is 2.35. The number of rotatable bonds is 4. The Morgan fingerprint density at radius 2 is 1.95 bits per heavy atom. The summed E-state index contributed by atoms with van der Waals surface area (Å²) in [6.07, 6.45) is 0. The molecular weight excluding hydrogens is 328 g/mol. The van der Waals surface area contributed by atoms with Crippen molar-refractivity contribution in [3.8, 4) is 16.2 Å². The van der Waals surface area contributed by atoms with E-state index in [-0.39, 0.29) is 5.97 Å². The fourth-order valence-electron chi connectivity index (χ4n) is 1.72. The summed E-state index contributed by atoms with van der Waals surface area (Å²) in [6, 6.07) is 9.65. The molecule has 2 aromatic rings. The molecule has 0 fully saturated rings. The van der Waals surface area contributed by atoms with Crippen LogP contribution in [0.5, 0.6) is 5.75 Å². The van der Waals surface area contributed by atoms with Crippen LogP contribution in [-0.2, 0) is 10.1 Å². The molecular formula is C14H13BrO3S. The molecule has 0 saturated carbocycles. The molecule has 5 heteroatoms. The van der Waals surface area contributed by atoms with Crippen molar-refractivity contribution in [2.24, 2.45) is 0 Å². The van der Waals surface area contributed by atoms with E-state index in [0.29, 0.717) is 10.2 Å². The number of benzene rings is 1. The molecule has 0 amide bonds. The Bertz CT molecular complexity index is 575. The maximum Gasteiger partial charge on any atom is 0.348 e. The van der Waals surface area contributed by atoms with Gasteiger partial charge in [0.15, 0.2) is 0 Å². The third-order valence-corrected chi connectivity index (χ3v) is 4.50. The summed E-state index contributed by atoms with van der Waals surface area (Å²) in [5.74, 6) is 0.515. The van der Waals surface area contributed by atoms with Crippen molar-refractivity contribution in [2.45, 2.75) is 5.33 Å². The summed E-state index contributed by atoms with van der Waals surface area (Å²) in [4.78, 5) is 13.3. The SMILES string of the molecule is COC(=O)c1cc(CBr)c(-c2ccc(OC)cc2)s1. The fraction of sp³-hybridized carbons (Fsp3) is 0.214. The standard InChI is InChI=1S/C14H13BrO3S/c1-17-11-5-3-9(4-6-11)13-10(8-15)7-12(19-13)14(16)18-2/h3-7H,8H2,1-2H3. The fourth-order valence-corrected chi connectivity index (χ4v) is 3.45. The van der Waals surface area contributed by atoms with Gasteiger partial charge in [0, 0.05) is 10.2 Å². The predicted octanol–water partition coefficient (Wildman–Crippen LogP) is 4.11. The van der Waals surface area contributed by atoms with Crippen molar-refractivity contribution in [2.75, 3.05) is 14.2 Å². The number of hydrogen-bond donors (Lipinski definition) is 0. The number of esters is 1. The van der Waals surface area contributed by atoms with E-state index in [9.17, 15) is 4.79 Å². The number of hydrogen-bond acceptors (Lipinski definition) is 4. The number of carbonyl (C=O) groups is 1. The van der Waals surface area contributed by atoms with Crippen LogP contribution in [0, 0.1) is 0 Å². The van der Waals surface area contributed by atoms with Crippen LogP contribution in [0.3, 0.4) is 0 Å². The quantitative estimate of drug-likeness (QED) is 0.620. The second-order valence-electron chi connectivity index (χ2n) is 3.82. The molecule has 2 rings (SSSR count). The highest BCUT2D eigenvalue weighted by Gasteiger charge is 2.15. The van der Waals surface area contributed by atoms with E-state index in [4.69, 9.17) is 9.47 Å². The van der Waals surface area contributed by atoms with Crippen LogP contribution < -0.4 is 4.74 Å². The number of halogens is 1. The van der Waals surface area contributed by atoms with Gasteiger partial charge >= 0.3 is 5.97 Å². The van der Waals surface area contributed by atoms with Crippen LogP contribution in [0.25, 0.3) is 10.4 Å².